The van der Waals surface area contributed by atoms with Gasteiger partial charge in [-0.2, -0.15) is 0 Å². The first-order valence-corrected chi connectivity index (χ1v) is 9.77. The largest absolute Gasteiger partial charge is 0.353 e. The average Bonchev–Trinajstić information content (AvgIpc) is 3.08. The first-order chi connectivity index (χ1) is 13.9. The molecule has 0 radical (unpaired) electrons. The second-order valence-electron chi connectivity index (χ2n) is 6.33. The van der Waals surface area contributed by atoms with E-state index >= 15 is 0 Å². The second kappa shape index (κ2) is 7.61. The molecule has 8 nitrogen and oxygen atoms in total. The topological polar surface area (TPSA) is 106 Å². The summed E-state index contributed by atoms with van der Waals surface area (Å²) in [6.07, 6.45) is 1.27. The van der Waals surface area contributed by atoms with Crippen molar-refractivity contribution in [1.82, 2.24) is 15.0 Å². The third kappa shape index (κ3) is 3.82. The van der Waals surface area contributed by atoms with Gasteiger partial charge in [-0.1, -0.05) is 35.1 Å². The van der Waals surface area contributed by atoms with E-state index in [0.29, 0.717) is 15.8 Å². The van der Waals surface area contributed by atoms with Crippen LogP contribution in [-0.2, 0) is 0 Å². The molecule has 0 aliphatic carbocycles. The van der Waals surface area contributed by atoms with E-state index in [1.54, 1.807) is 18.2 Å². The summed E-state index contributed by atoms with van der Waals surface area (Å²) < 4.78 is 0.986. The van der Waals surface area contributed by atoms with Gasteiger partial charge in [0.05, 0.1) is 15.1 Å². The van der Waals surface area contributed by atoms with Gasteiger partial charge in [0.2, 0.25) is 11.6 Å². The molecule has 4 aromatic rings. The molecule has 2 aromatic heterocycles. The fraction of sp³-hybridized carbons (Fsp3) is 0.105. The Balaban J connectivity index is 1.72. The molecule has 0 saturated heterocycles. The van der Waals surface area contributed by atoms with Gasteiger partial charge in [0, 0.05) is 10.7 Å². The maximum Gasteiger partial charge on any atom is 0.353 e. The molecule has 0 atom stereocenters. The number of benzene rings is 2. The van der Waals surface area contributed by atoms with Crippen LogP contribution in [0.2, 0.25) is 5.02 Å². The molecule has 0 unspecified atom stereocenters. The van der Waals surface area contributed by atoms with E-state index in [2.05, 4.69) is 25.6 Å². The lowest BCUT2D eigenvalue weighted by Gasteiger charge is -2.11. The van der Waals surface area contributed by atoms with E-state index in [0.717, 1.165) is 21.3 Å². The Hall–Kier alpha value is -3.30. The van der Waals surface area contributed by atoms with Crippen molar-refractivity contribution in [2.45, 2.75) is 13.8 Å². The van der Waals surface area contributed by atoms with Crippen molar-refractivity contribution < 1.29 is 4.92 Å². The normalized spacial score (nSPS) is 10.9. The molecule has 0 amide bonds. The molecule has 2 N–H and O–H groups in total. The van der Waals surface area contributed by atoms with Crippen LogP contribution in [0.15, 0.2) is 42.7 Å². The Morgan fingerprint density at radius 1 is 1.07 bits per heavy atom. The van der Waals surface area contributed by atoms with Crippen LogP contribution in [0.1, 0.15) is 11.1 Å². The predicted molar refractivity (Wildman–Crippen MR) is 116 cm³/mol. The van der Waals surface area contributed by atoms with E-state index < -0.39 is 4.92 Å². The minimum Gasteiger partial charge on any atom is -0.334 e. The minimum absolute atomic E-state index is 0.0656. The zero-order valence-electron chi connectivity index (χ0n) is 15.4. The highest BCUT2D eigenvalue weighted by Gasteiger charge is 2.24. The summed E-state index contributed by atoms with van der Waals surface area (Å²) in [6.45, 7) is 3.82. The van der Waals surface area contributed by atoms with Crippen molar-refractivity contribution in [3.05, 3.63) is 69.0 Å². The maximum absolute atomic E-state index is 11.8. The Morgan fingerprint density at radius 2 is 1.83 bits per heavy atom. The first-order valence-electron chi connectivity index (χ1n) is 8.58. The van der Waals surface area contributed by atoms with Gasteiger partial charge in [0.25, 0.3) is 0 Å². The van der Waals surface area contributed by atoms with Gasteiger partial charge in [-0.05, 0) is 49.2 Å². The molecular formula is C19H15ClN6O2S. The summed E-state index contributed by atoms with van der Waals surface area (Å²) in [7, 11) is 0. The number of hydrogen-bond acceptors (Lipinski definition) is 8. The molecule has 10 heteroatoms. The first kappa shape index (κ1) is 19.0. The lowest BCUT2D eigenvalue weighted by molar-refractivity contribution is -0.383. The monoisotopic (exact) mass is 426 g/mol. The highest BCUT2D eigenvalue weighted by Crippen LogP contribution is 2.36. The van der Waals surface area contributed by atoms with Crippen LogP contribution in [-0.4, -0.2) is 19.9 Å². The van der Waals surface area contributed by atoms with Gasteiger partial charge < -0.3 is 10.6 Å². The van der Waals surface area contributed by atoms with Gasteiger partial charge in [0.15, 0.2) is 5.13 Å². The van der Waals surface area contributed by atoms with Crippen molar-refractivity contribution in [3.63, 3.8) is 0 Å². The van der Waals surface area contributed by atoms with E-state index in [9.17, 15) is 10.1 Å². The van der Waals surface area contributed by atoms with Crippen molar-refractivity contribution in [1.29, 1.82) is 0 Å². The lowest BCUT2D eigenvalue weighted by Crippen LogP contribution is -2.06. The standard InChI is InChI=1S/C19H15ClN6O2S/c1-10-4-3-5-14-15(10)24-19(29-14)25-18-16(26(27)28)17(21-9-22-18)23-13-7-6-12(20)8-11(13)2/h3-9H,1-2H3,(H2,21,22,23,24,25). The molecule has 0 bridgehead atoms. The van der Waals surface area contributed by atoms with Crippen LogP contribution in [0.3, 0.4) is 0 Å². The average molecular weight is 427 g/mol. The molecule has 0 fully saturated rings. The Kier molecular flexibility index (Phi) is 4.99. The number of hydrogen-bond donors (Lipinski definition) is 2. The molecule has 146 valence electrons. The number of halogens is 1. The van der Waals surface area contributed by atoms with E-state index in [-0.39, 0.29) is 17.3 Å². The fourth-order valence-electron chi connectivity index (χ4n) is 2.87. The quantitative estimate of drug-likeness (QED) is 0.309. The summed E-state index contributed by atoms with van der Waals surface area (Å²) in [6, 6.07) is 11.1. The summed E-state index contributed by atoms with van der Waals surface area (Å²) in [5.41, 5.74) is 3.12. The molecule has 2 aromatic carbocycles. The summed E-state index contributed by atoms with van der Waals surface area (Å²) in [4.78, 5) is 23.9. The highest BCUT2D eigenvalue weighted by atomic mass is 35.5. The molecule has 0 saturated carbocycles. The lowest BCUT2D eigenvalue weighted by atomic mass is 10.2. The predicted octanol–water partition coefficient (Wildman–Crippen LogP) is 5.75. The third-order valence-corrected chi connectivity index (χ3v) is 5.46. The van der Waals surface area contributed by atoms with Crippen molar-refractivity contribution >= 4 is 61.3 Å². The molecule has 29 heavy (non-hydrogen) atoms. The van der Waals surface area contributed by atoms with Crippen LogP contribution < -0.4 is 10.6 Å². The van der Waals surface area contributed by atoms with Crippen LogP contribution in [0.25, 0.3) is 10.2 Å². The number of rotatable bonds is 5. The molecule has 2 heterocycles. The summed E-state index contributed by atoms with van der Waals surface area (Å²) >= 11 is 7.38. The van der Waals surface area contributed by atoms with E-state index in [4.69, 9.17) is 11.6 Å². The van der Waals surface area contributed by atoms with Gasteiger partial charge in [0.1, 0.15) is 6.33 Å². The van der Waals surface area contributed by atoms with Crippen LogP contribution in [0.4, 0.5) is 28.1 Å². The maximum atomic E-state index is 11.8. The van der Waals surface area contributed by atoms with E-state index in [1.807, 2.05) is 32.0 Å². The van der Waals surface area contributed by atoms with Crippen LogP contribution in [0, 0.1) is 24.0 Å². The number of anilines is 4. The smallest absolute Gasteiger partial charge is 0.334 e. The number of thiazole rings is 1. The van der Waals surface area contributed by atoms with Crippen LogP contribution >= 0.6 is 22.9 Å². The minimum atomic E-state index is -0.519. The molecule has 0 spiro atoms. The zero-order chi connectivity index (χ0) is 20.5. The number of fused-ring (bicyclic) bond motifs is 1. The van der Waals surface area contributed by atoms with Crippen molar-refractivity contribution in [3.8, 4) is 0 Å². The zero-order valence-corrected chi connectivity index (χ0v) is 17.0. The molecular weight excluding hydrogens is 412 g/mol. The number of nitro groups is 1. The number of nitrogens with one attached hydrogen (secondary N) is 2. The SMILES string of the molecule is Cc1cc(Cl)ccc1Nc1ncnc(Nc2nc3c(C)cccc3s2)c1[N+](=O)[O-]. The van der Waals surface area contributed by atoms with Crippen molar-refractivity contribution in [2.75, 3.05) is 10.6 Å². The number of nitrogens with zero attached hydrogens (tertiary/aromatic N) is 4. The highest BCUT2D eigenvalue weighted by molar-refractivity contribution is 7.22. The third-order valence-electron chi connectivity index (χ3n) is 4.29. The van der Waals surface area contributed by atoms with E-state index in [1.165, 1.54) is 17.7 Å². The molecule has 0 aliphatic rings. The Labute approximate surface area is 174 Å². The molecule has 0 aliphatic heterocycles. The summed E-state index contributed by atoms with van der Waals surface area (Å²) in [5, 5.41) is 18.9. The number of aromatic nitrogens is 3. The van der Waals surface area contributed by atoms with Gasteiger partial charge in [-0.25, -0.2) is 15.0 Å². The van der Waals surface area contributed by atoms with Gasteiger partial charge in [-0.15, -0.1) is 0 Å². The number of para-hydroxylation sites is 1. The van der Waals surface area contributed by atoms with Crippen molar-refractivity contribution in [2.24, 2.45) is 0 Å². The van der Waals surface area contributed by atoms with Gasteiger partial charge >= 0.3 is 5.69 Å². The number of aryl methyl sites for hydroxylation is 2. The Bertz CT molecular complexity index is 1240. The summed E-state index contributed by atoms with van der Waals surface area (Å²) in [5.74, 6) is 0.144. The Morgan fingerprint density at radius 3 is 2.52 bits per heavy atom. The van der Waals surface area contributed by atoms with Gasteiger partial charge in [-0.3, -0.25) is 10.1 Å². The molecule has 4 rings (SSSR count). The van der Waals surface area contributed by atoms with Crippen LogP contribution in [0.5, 0.6) is 0 Å². The second-order valence-corrected chi connectivity index (χ2v) is 7.79. The fourth-order valence-corrected chi connectivity index (χ4v) is 4.04.